The Morgan fingerprint density at radius 1 is 1.06 bits per heavy atom. The number of rotatable bonds is 7. The van der Waals surface area contributed by atoms with Gasteiger partial charge in [-0.05, 0) is 47.0 Å². The SMILES string of the molecule is O=C1O[C@@H](CO)CN1c1ccc(-c2ccc(CS(=O)Cc3ccncc3)cc2)c(F)c1. The Morgan fingerprint density at radius 3 is 2.35 bits per heavy atom. The summed E-state index contributed by atoms with van der Waals surface area (Å²) in [5.74, 6) is 0.399. The normalized spacial score (nSPS) is 16.9. The van der Waals surface area contributed by atoms with Crippen LogP contribution in [0.2, 0.25) is 0 Å². The van der Waals surface area contributed by atoms with E-state index in [0.717, 1.165) is 11.1 Å². The van der Waals surface area contributed by atoms with E-state index in [1.165, 1.54) is 11.0 Å². The van der Waals surface area contributed by atoms with Gasteiger partial charge in [-0.3, -0.25) is 14.1 Å². The van der Waals surface area contributed by atoms with Crippen molar-refractivity contribution >= 4 is 22.6 Å². The fourth-order valence-corrected chi connectivity index (χ4v) is 4.65. The zero-order chi connectivity index (χ0) is 21.8. The maximum atomic E-state index is 14.8. The first-order chi connectivity index (χ1) is 15.0. The van der Waals surface area contributed by atoms with Crippen molar-refractivity contribution in [3.63, 3.8) is 0 Å². The molecule has 31 heavy (non-hydrogen) atoms. The molecule has 3 aromatic rings. The molecular weight excluding hydrogens is 419 g/mol. The molecule has 1 saturated heterocycles. The molecule has 1 N–H and O–H groups in total. The molecule has 2 atom stereocenters. The van der Waals surface area contributed by atoms with Crippen LogP contribution in [-0.4, -0.2) is 39.6 Å². The third-order valence-corrected chi connectivity index (χ3v) is 6.32. The molecule has 0 radical (unpaired) electrons. The van der Waals surface area contributed by atoms with Gasteiger partial charge in [0.05, 0.1) is 18.8 Å². The summed E-state index contributed by atoms with van der Waals surface area (Å²) < 4.78 is 32.2. The van der Waals surface area contributed by atoms with Gasteiger partial charge in [0.25, 0.3) is 0 Å². The number of anilines is 1. The molecule has 1 aliphatic rings. The average Bonchev–Trinajstić information content (AvgIpc) is 3.16. The lowest BCUT2D eigenvalue weighted by Crippen LogP contribution is -2.25. The van der Waals surface area contributed by atoms with Crippen LogP contribution in [0.3, 0.4) is 0 Å². The molecule has 0 aliphatic carbocycles. The predicted octanol–water partition coefficient (Wildman–Crippen LogP) is 3.65. The first kappa shape index (κ1) is 21.1. The summed E-state index contributed by atoms with van der Waals surface area (Å²) in [5.41, 5.74) is 3.34. The Hall–Kier alpha value is -3.10. The Bertz CT molecular complexity index is 1090. The van der Waals surface area contributed by atoms with Gasteiger partial charge in [0.2, 0.25) is 0 Å². The minimum Gasteiger partial charge on any atom is -0.441 e. The monoisotopic (exact) mass is 440 g/mol. The lowest BCUT2D eigenvalue weighted by molar-refractivity contribution is 0.0963. The number of hydrogen-bond acceptors (Lipinski definition) is 5. The number of hydrogen-bond donors (Lipinski definition) is 1. The third kappa shape index (κ3) is 4.98. The molecule has 1 fully saturated rings. The summed E-state index contributed by atoms with van der Waals surface area (Å²) in [6.07, 6.45) is 2.15. The lowest BCUT2D eigenvalue weighted by atomic mass is 10.0. The number of cyclic esters (lactones) is 1. The van der Waals surface area contributed by atoms with Crippen molar-refractivity contribution in [3.05, 3.63) is 83.9 Å². The number of aromatic nitrogens is 1. The summed E-state index contributed by atoms with van der Waals surface area (Å²) in [6, 6.07) is 15.5. The van der Waals surface area contributed by atoms with Crippen molar-refractivity contribution in [2.45, 2.75) is 17.6 Å². The van der Waals surface area contributed by atoms with E-state index in [-0.39, 0.29) is 13.2 Å². The molecule has 1 amide bonds. The lowest BCUT2D eigenvalue weighted by Gasteiger charge is -2.14. The molecule has 1 aliphatic heterocycles. The fourth-order valence-electron chi connectivity index (χ4n) is 3.42. The van der Waals surface area contributed by atoms with E-state index in [2.05, 4.69) is 4.98 Å². The quantitative estimate of drug-likeness (QED) is 0.607. The summed E-state index contributed by atoms with van der Waals surface area (Å²) in [5, 5.41) is 9.15. The number of pyridine rings is 1. The van der Waals surface area contributed by atoms with Crippen molar-refractivity contribution in [1.29, 1.82) is 0 Å². The highest BCUT2D eigenvalue weighted by Gasteiger charge is 2.32. The number of ether oxygens (including phenoxy) is 1. The van der Waals surface area contributed by atoms with Crippen molar-refractivity contribution in [2.75, 3.05) is 18.1 Å². The maximum absolute atomic E-state index is 14.8. The number of benzene rings is 2. The molecular formula is C23H21FN2O4S. The first-order valence-corrected chi connectivity index (χ1v) is 11.2. The number of aliphatic hydroxyl groups is 1. The summed E-state index contributed by atoms with van der Waals surface area (Å²) in [6.45, 7) is -0.0953. The number of halogens is 1. The van der Waals surface area contributed by atoms with Gasteiger partial charge in [-0.15, -0.1) is 0 Å². The number of aliphatic hydroxyl groups excluding tert-OH is 1. The largest absolute Gasteiger partial charge is 0.441 e. The summed E-state index contributed by atoms with van der Waals surface area (Å²) in [4.78, 5) is 17.1. The van der Waals surface area contributed by atoms with E-state index in [1.54, 1.807) is 36.7 Å². The van der Waals surface area contributed by atoms with Gasteiger partial charge in [-0.25, -0.2) is 9.18 Å². The molecule has 0 spiro atoms. The van der Waals surface area contributed by atoms with Crippen molar-refractivity contribution < 1.29 is 23.2 Å². The van der Waals surface area contributed by atoms with Gasteiger partial charge in [-0.2, -0.15) is 0 Å². The molecule has 2 heterocycles. The molecule has 8 heteroatoms. The zero-order valence-corrected chi connectivity index (χ0v) is 17.4. The van der Waals surface area contributed by atoms with Crippen LogP contribution in [0.1, 0.15) is 11.1 Å². The summed E-state index contributed by atoms with van der Waals surface area (Å²) in [7, 11) is -1.06. The Balaban J connectivity index is 1.44. The van der Waals surface area contributed by atoms with E-state index >= 15 is 0 Å². The van der Waals surface area contributed by atoms with Crippen molar-refractivity contribution in [2.24, 2.45) is 0 Å². The molecule has 4 rings (SSSR count). The maximum Gasteiger partial charge on any atom is 0.414 e. The third-order valence-electron chi connectivity index (χ3n) is 5.01. The predicted molar refractivity (Wildman–Crippen MR) is 116 cm³/mol. The number of amides is 1. The van der Waals surface area contributed by atoms with Gasteiger partial charge in [0, 0.05) is 40.3 Å². The zero-order valence-electron chi connectivity index (χ0n) is 16.6. The molecule has 1 aromatic heterocycles. The molecule has 0 saturated carbocycles. The van der Waals surface area contributed by atoms with Gasteiger partial charge >= 0.3 is 6.09 Å². The molecule has 0 bridgehead atoms. The van der Waals surface area contributed by atoms with Gasteiger partial charge in [0.1, 0.15) is 11.9 Å². The van der Waals surface area contributed by atoms with Crippen LogP contribution >= 0.6 is 0 Å². The van der Waals surface area contributed by atoms with E-state index in [0.29, 0.717) is 28.3 Å². The van der Waals surface area contributed by atoms with Crippen molar-refractivity contribution in [1.82, 2.24) is 4.98 Å². The molecule has 1 unspecified atom stereocenters. The van der Waals surface area contributed by atoms with E-state index in [4.69, 9.17) is 9.84 Å². The fraction of sp³-hybridized carbons (Fsp3) is 0.217. The Kier molecular flexibility index (Phi) is 6.39. The van der Waals surface area contributed by atoms with Crippen LogP contribution in [-0.2, 0) is 27.0 Å². The van der Waals surface area contributed by atoms with Crippen LogP contribution < -0.4 is 4.90 Å². The molecule has 6 nitrogen and oxygen atoms in total. The standard InChI is InChI=1S/C23H21FN2O4S/c24-22-11-19(26-12-20(13-27)30-23(26)28)5-6-21(22)18-3-1-16(2-4-18)14-31(29)15-17-7-9-25-10-8-17/h1-11,20,27H,12-15H2/t20-,31?/m1/s1. The highest BCUT2D eigenvalue weighted by molar-refractivity contribution is 7.83. The highest BCUT2D eigenvalue weighted by atomic mass is 32.2. The van der Waals surface area contributed by atoms with E-state index < -0.39 is 28.8 Å². The number of carbonyl (C=O) groups is 1. The van der Waals surface area contributed by atoms with Gasteiger partial charge in [0.15, 0.2) is 0 Å². The average molecular weight is 440 g/mol. The van der Waals surface area contributed by atoms with Crippen LogP contribution in [0, 0.1) is 5.82 Å². The second-order valence-corrected chi connectivity index (χ2v) is 8.70. The number of nitrogens with zero attached hydrogens (tertiary/aromatic N) is 2. The molecule has 2 aromatic carbocycles. The minimum atomic E-state index is -1.06. The van der Waals surface area contributed by atoms with Crippen LogP contribution in [0.25, 0.3) is 11.1 Å². The van der Waals surface area contributed by atoms with Crippen LogP contribution in [0.15, 0.2) is 67.0 Å². The van der Waals surface area contributed by atoms with E-state index in [9.17, 15) is 13.4 Å². The second-order valence-electron chi connectivity index (χ2n) is 7.24. The Labute approximate surface area is 181 Å². The minimum absolute atomic E-state index is 0.180. The van der Waals surface area contributed by atoms with Crippen LogP contribution in [0.4, 0.5) is 14.9 Å². The van der Waals surface area contributed by atoms with E-state index in [1.807, 2.05) is 24.3 Å². The molecule has 160 valence electrons. The Morgan fingerprint density at radius 2 is 1.74 bits per heavy atom. The number of carbonyl (C=O) groups excluding carboxylic acids is 1. The smallest absolute Gasteiger partial charge is 0.414 e. The van der Waals surface area contributed by atoms with Gasteiger partial charge in [-0.1, -0.05) is 24.3 Å². The second kappa shape index (κ2) is 9.36. The summed E-state index contributed by atoms with van der Waals surface area (Å²) >= 11 is 0. The highest BCUT2D eigenvalue weighted by Crippen LogP contribution is 2.29. The first-order valence-electron chi connectivity index (χ1n) is 9.75. The van der Waals surface area contributed by atoms with Gasteiger partial charge < -0.3 is 9.84 Å². The topological polar surface area (TPSA) is 79.7 Å². The van der Waals surface area contributed by atoms with Crippen LogP contribution in [0.5, 0.6) is 0 Å². The van der Waals surface area contributed by atoms with Crippen molar-refractivity contribution in [3.8, 4) is 11.1 Å².